The molecule has 3 heterocycles. The second-order valence-corrected chi connectivity index (χ2v) is 4.03. The average molecular weight is 243 g/mol. The Labute approximate surface area is 103 Å². The van der Waals surface area contributed by atoms with Crippen molar-refractivity contribution < 1.29 is 0 Å². The van der Waals surface area contributed by atoms with Crippen molar-refractivity contribution in [2.75, 3.05) is 5.73 Å². The van der Waals surface area contributed by atoms with Crippen molar-refractivity contribution in [3.05, 3.63) is 24.0 Å². The predicted molar refractivity (Wildman–Crippen MR) is 67.2 cm³/mol. The highest BCUT2D eigenvalue weighted by Gasteiger charge is 2.17. The molecule has 0 amide bonds. The van der Waals surface area contributed by atoms with Crippen molar-refractivity contribution >= 4 is 16.9 Å². The van der Waals surface area contributed by atoms with Crippen LogP contribution >= 0.6 is 0 Å². The first-order valence-corrected chi connectivity index (χ1v) is 5.80. The van der Waals surface area contributed by atoms with Crippen LogP contribution in [0.3, 0.4) is 0 Å². The van der Waals surface area contributed by atoms with Gasteiger partial charge in [0.2, 0.25) is 0 Å². The third-order valence-electron chi connectivity index (χ3n) is 2.75. The maximum Gasteiger partial charge on any atom is 0.188 e. The molecule has 3 aromatic heterocycles. The fraction of sp³-hybridized carbons (Fsp3) is 0.273. The van der Waals surface area contributed by atoms with Crippen molar-refractivity contribution in [3.63, 3.8) is 0 Å². The molecule has 0 fully saturated rings. The lowest BCUT2D eigenvalue weighted by molar-refractivity contribution is 0.778. The van der Waals surface area contributed by atoms with Crippen molar-refractivity contribution in [1.29, 1.82) is 0 Å². The van der Waals surface area contributed by atoms with Crippen molar-refractivity contribution in [2.24, 2.45) is 0 Å². The van der Waals surface area contributed by atoms with Crippen LogP contribution in [0.25, 0.3) is 16.9 Å². The molecule has 0 bridgehead atoms. The zero-order chi connectivity index (χ0) is 12.5. The number of nitrogens with two attached hydrogens (primary N) is 1. The molecule has 7 nitrogen and oxygen atoms in total. The fourth-order valence-electron chi connectivity index (χ4n) is 1.98. The number of H-pyrrole nitrogens is 1. The Morgan fingerprint density at radius 2 is 2.33 bits per heavy atom. The van der Waals surface area contributed by atoms with Crippen LogP contribution in [0, 0.1) is 0 Å². The number of aromatic amines is 1. The third-order valence-corrected chi connectivity index (χ3v) is 2.75. The zero-order valence-electron chi connectivity index (χ0n) is 9.96. The van der Waals surface area contributed by atoms with Gasteiger partial charge >= 0.3 is 0 Å². The molecule has 92 valence electrons. The molecule has 0 aliphatic rings. The molecule has 0 radical (unpaired) electrons. The van der Waals surface area contributed by atoms with Crippen LogP contribution in [-0.4, -0.2) is 30.2 Å². The summed E-state index contributed by atoms with van der Waals surface area (Å²) < 4.78 is 1.67. The summed E-state index contributed by atoms with van der Waals surface area (Å²) in [6.45, 7) is 2.10. The Morgan fingerprint density at radius 3 is 3.06 bits per heavy atom. The van der Waals surface area contributed by atoms with E-state index in [1.807, 2.05) is 12.1 Å². The molecule has 7 heteroatoms. The smallest absolute Gasteiger partial charge is 0.188 e. The number of nitrogens with one attached hydrogen (secondary N) is 1. The minimum atomic E-state index is 0.545. The first-order chi connectivity index (χ1) is 8.81. The summed E-state index contributed by atoms with van der Waals surface area (Å²) in [7, 11) is 0. The second kappa shape index (κ2) is 4.10. The molecule has 3 N–H and O–H groups in total. The second-order valence-electron chi connectivity index (χ2n) is 4.03. The SMILES string of the molecule is CCCc1nn(-c2cccnn2)c2n[nH]c(N)c12. The first-order valence-electron chi connectivity index (χ1n) is 5.80. The molecule has 0 aliphatic heterocycles. The highest BCUT2D eigenvalue weighted by molar-refractivity contribution is 5.89. The highest BCUT2D eigenvalue weighted by atomic mass is 15.4. The average Bonchev–Trinajstić information content (AvgIpc) is 2.94. The number of nitrogens with zero attached hydrogens (tertiary/aromatic N) is 5. The van der Waals surface area contributed by atoms with E-state index < -0.39 is 0 Å². The standard InChI is InChI=1S/C11H13N7/c1-2-4-7-9-10(12)15-16-11(9)18(17-7)8-5-3-6-13-14-8/h3,5-6H,2,4H2,1H3,(H3,12,15,16). The normalized spacial score (nSPS) is 11.2. The maximum atomic E-state index is 5.89. The van der Waals surface area contributed by atoms with Gasteiger partial charge in [0.05, 0.1) is 11.1 Å². The third kappa shape index (κ3) is 1.52. The van der Waals surface area contributed by atoms with Crippen LogP contribution in [-0.2, 0) is 6.42 Å². The van der Waals surface area contributed by atoms with Gasteiger partial charge in [-0.3, -0.25) is 5.10 Å². The zero-order valence-corrected chi connectivity index (χ0v) is 9.96. The summed E-state index contributed by atoms with van der Waals surface area (Å²) >= 11 is 0. The molecule has 0 aromatic carbocycles. The highest BCUT2D eigenvalue weighted by Crippen LogP contribution is 2.24. The van der Waals surface area contributed by atoms with E-state index in [-0.39, 0.29) is 0 Å². The predicted octanol–water partition coefficient (Wildman–Crippen LogP) is 1.07. The molecule has 3 rings (SSSR count). The van der Waals surface area contributed by atoms with E-state index >= 15 is 0 Å². The molecule has 0 atom stereocenters. The Hall–Kier alpha value is -2.44. The molecule has 0 spiro atoms. The van der Waals surface area contributed by atoms with Gasteiger partial charge in [0.1, 0.15) is 5.82 Å². The van der Waals surface area contributed by atoms with Crippen LogP contribution in [0.15, 0.2) is 18.3 Å². The lowest BCUT2D eigenvalue weighted by Crippen LogP contribution is -2.02. The molecular weight excluding hydrogens is 230 g/mol. The van der Waals surface area contributed by atoms with Crippen molar-refractivity contribution in [1.82, 2.24) is 30.2 Å². The van der Waals surface area contributed by atoms with Gasteiger partial charge in [-0.1, -0.05) is 13.3 Å². The lowest BCUT2D eigenvalue weighted by atomic mass is 10.2. The summed E-state index contributed by atoms with van der Waals surface area (Å²) in [5.41, 5.74) is 7.52. The summed E-state index contributed by atoms with van der Waals surface area (Å²) in [5, 5.41) is 20.3. The van der Waals surface area contributed by atoms with E-state index in [1.54, 1.807) is 10.9 Å². The molecule has 0 saturated carbocycles. The molecule has 0 unspecified atom stereocenters. The van der Waals surface area contributed by atoms with Gasteiger partial charge in [-0.2, -0.15) is 20.0 Å². The Balaban J connectivity index is 2.24. The summed E-state index contributed by atoms with van der Waals surface area (Å²) in [4.78, 5) is 0. The molecule has 0 aliphatic carbocycles. The van der Waals surface area contributed by atoms with E-state index in [1.165, 1.54) is 0 Å². The Kier molecular flexibility index (Phi) is 2.44. The quantitative estimate of drug-likeness (QED) is 0.717. The first kappa shape index (κ1) is 10.7. The molecule has 3 aromatic rings. The number of hydrogen-bond donors (Lipinski definition) is 2. The van der Waals surface area contributed by atoms with Crippen LogP contribution in [0.2, 0.25) is 0 Å². The minimum Gasteiger partial charge on any atom is -0.383 e. The van der Waals surface area contributed by atoms with E-state index in [0.717, 1.165) is 23.9 Å². The number of hydrogen-bond acceptors (Lipinski definition) is 5. The van der Waals surface area contributed by atoms with Crippen molar-refractivity contribution in [2.45, 2.75) is 19.8 Å². The van der Waals surface area contributed by atoms with Crippen LogP contribution < -0.4 is 5.73 Å². The number of fused-ring (bicyclic) bond motifs is 1. The fourth-order valence-corrected chi connectivity index (χ4v) is 1.98. The van der Waals surface area contributed by atoms with E-state index in [9.17, 15) is 0 Å². The van der Waals surface area contributed by atoms with Gasteiger partial charge in [-0.25, -0.2) is 0 Å². The molecule has 18 heavy (non-hydrogen) atoms. The number of rotatable bonds is 3. The van der Waals surface area contributed by atoms with Crippen LogP contribution in [0.5, 0.6) is 0 Å². The number of aromatic nitrogens is 6. The van der Waals surface area contributed by atoms with Gasteiger partial charge in [0.15, 0.2) is 11.5 Å². The van der Waals surface area contributed by atoms with Gasteiger partial charge < -0.3 is 5.73 Å². The number of nitrogen functional groups attached to an aromatic ring is 1. The van der Waals surface area contributed by atoms with Crippen LogP contribution in [0.4, 0.5) is 5.82 Å². The van der Waals surface area contributed by atoms with Gasteiger partial charge in [-0.15, -0.1) is 5.10 Å². The minimum absolute atomic E-state index is 0.545. The number of anilines is 1. The van der Waals surface area contributed by atoms with Gasteiger partial charge in [-0.05, 0) is 18.6 Å². The summed E-state index contributed by atoms with van der Waals surface area (Å²) in [6, 6.07) is 3.64. The molecule has 0 saturated heterocycles. The Morgan fingerprint density at radius 1 is 1.44 bits per heavy atom. The number of aryl methyl sites for hydroxylation is 1. The maximum absolute atomic E-state index is 5.89. The van der Waals surface area contributed by atoms with Gasteiger partial charge in [0.25, 0.3) is 0 Å². The molecular formula is C11H13N7. The van der Waals surface area contributed by atoms with Crippen molar-refractivity contribution in [3.8, 4) is 5.82 Å². The topological polar surface area (TPSA) is 98.3 Å². The van der Waals surface area contributed by atoms with Gasteiger partial charge in [0, 0.05) is 6.20 Å². The van der Waals surface area contributed by atoms with E-state index in [0.29, 0.717) is 17.3 Å². The van der Waals surface area contributed by atoms with Crippen LogP contribution in [0.1, 0.15) is 19.0 Å². The Bertz CT molecular complexity index is 667. The monoisotopic (exact) mass is 243 g/mol. The summed E-state index contributed by atoms with van der Waals surface area (Å²) in [5.74, 6) is 1.18. The largest absolute Gasteiger partial charge is 0.383 e. The lowest BCUT2D eigenvalue weighted by Gasteiger charge is -1.97. The van der Waals surface area contributed by atoms with E-state index in [4.69, 9.17) is 5.73 Å². The summed E-state index contributed by atoms with van der Waals surface area (Å²) in [6.07, 6.45) is 3.47. The van der Waals surface area contributed by atoms with E-state index in [2.05, 4.69) is 32.4 Å².